The summed E-state index contributed by atoms with van der Waals surface area (Å²) in [7, 11) is 1.16. The van der Waals surface area contributed by atoms with Crippen LogP contribution < -0.4 is 4.74 Å². The highest BCUT2D eigenvalue weighted by Crippen LogP contribution is 2.39. The minimum atomic E-state index is -0.932. The smallest absolute Gasteiger partial charge is 0.507 e. The van der Waals surface area contributed by atoms with Gasteiger partial charge in [0.15, 0.2) is 5.75 Å². The molecule has 1 N–H and O–H groups in total. The Morgan fingerprint density at radius 2 is 1.26 bits per heavy atom. The summed E-state index contributed by atoms with van der Waals surface area (Å²) in [6.07, 6.45) is -0.932. The molecule has 2 aromatic rings. The van der Waals surface area contributed by atoms with E-state index >= 15 is 0 Å². The topological polar surface area (TPSA) is 142 Å². The number of aromatic hydroxyl groups is 1. The minimum absolute atomic E-state index is 0.0477. The molecule has 2 rings (SSSR count). The molecular weight excluding hydrogens is 580 g/mol. The van der Waals surface area contributed by atoms with Gasteiger partial charge in [-0.05, 0) is 54.8 Å². The Morgan fingerprint density at radius 1 is 0.853 bits per heavy atom. The highest BCUT2D eigenvalue weighted by atomic mass is 79.9. The van der Waals surface area contributed by atoms with Crippen LogP contribution in [0.1, 0.15) is 52.7 Å². The molecule has 0 heterocycles. The van der Waals surface area contributed by atoms with E-state index in [0.717, 1.165) is 7.11 Å². The van der Waals surface area contributed by atoms with Crippen molar-refractivity contribution >= 4 is 49.4 Å². The Morgan fingerprint density at radius 3 is 1.65 bits per heavy atom. The second kappa shape index (κ2) is 11.1. The fraction of sp³-hybridized carbons (Fsp3) is 0.409. The number of benzene rings is 2. The van der Waals surface area contributed by atoms with Gasteiger partial charge in [-0.1, -0.05) is 41.5 Å². The lowest BCUT2D eigenvalue weighted by atomic mass is 9.86. The maximum Gasteiger partial charge on any atom is 0.513 e. The highest BCUT2D eigenvalue weighted by molar-refractivity contribution is 9.10. The average molecular weight is 606 g/mol. The number of ether oxygens (including phenoxy) is 2. The number of carbonyl (C=O) groups excluding carboxylic acids is 1. The maximum absolute atomic E-state index is 11.1. The molecule has 0 saturated heterocycles. The SMILES string of the molecule is CC(C)(C)c1cc(Br)c(O)cc1[N+](=O)[O-].COC(=O)Oc1cc([N+](=O)[O-])c(C(C)(C)C)cc1Br. The highest BCUT2D eigenvalue weighted by Gasteiger charge is 2.28. The first-order valence-electron chi connectivity index (χ1n) is 9.81. The van der Waals surface area contributed by atoms with E-state index in [0.29, 0.717) is 20.1 Å². The third-order valence-electron chi connectivity index (χ3n) is 4.48. The van der Waals surface area contributed by atoms with Crippen molar-refractivity contribution in [1.29, 1.82) is 0 Å². The number of phenols is 1. The number of nitro groups is 2. The fourth-order valence-corrected chi connectivity index (χ4v) is 3.57. The molecule has 0 fully saturated rings. The molecule has 0 bridgehead atoms. The van der Waals surface area contributed by atoms with E-state index in [-0.39, 0.29) is 28.3 Å². The van der Waals surface area contributed by atoms with Gasteiger partial charge in [-0.25, -0.2) is 4.79 Å². The first kappa shape index (κ1) is 29.3. The Bertz CT molecular complexity index is 1110. The molecule has 0 aliphatic rings. The van der Waals surface area contributed by atoms with Crippen molar-refractivity contribution in [3.8, 4) is 11.5 Å². The number of rotatable bonds is 3. The maximum atomic E-state index is 11.1. The second-order valence-electron chi connectivity index (χ2n) is 9.19. The fourth-order valence-electron chi connectivity index (χ4n) is 2.81. The zero-order chi connectivity index (χ0) is 26.6. The van der Waals surface area contributed by atoms with Gasteiger partial charge in [-0.15, -0.1) is 0 Å². The van der Waals surface area contributed by atoms with Gasteiger partial charge in [0.1, 0.15) is 5.75 Å². The van der Waals surface area contributed by atoms with Gasteiger partial charge < -0.3 is 14.6 Å². The van der Waals surface area contributed by atoms with E-state index in [4.69, 9.17) is 4.74 Å². The van der Waals surface area contributed by atoms with Gasteiger partial charge in [-0.3, -0.25) is 20.2 Å². The lowest BCUT2D eigenvalue weighted by Crippen LogP contribution is -2.15. The zero-order valence-electron chi connectivity index (χ0n) is 19.8. The molecule has 0 amide bonds. The summed E-state index contributed by atoms with van der Waals surface area (Å²) in [4.78, 5) is 32.0. The second-order valence-corrected chi connectivity index (χ2v) is 10.9. The monoisotopic (exact) mass is 604 g/mol. The van der Waals surface area contributed by atoms with Crippen LogP contribution in [-0.4, -0.2) is 28.2 Å². The summed E-state index contributed by atoms with van der Waals surface area (Å²) in [5, 5.41) is 31.3. The Labute approximate surface area is 213 Å². The molecule has 0 aromatic heterocycles. The Kier molecular flexibility index (Phi) is 9.59. The van der Waals surface area contributed by atoms with Crippen LogP contribution in [0.3, 0.4) is 0 Å². The van der Waals surface area contributed by atoms with Gasteiger partial charge in [-0.2, -0.15) is 0 Å². The van der Waals surface area contributed by atoms with Crippen molar-refractivity contribution in [2.24, 2.45) is 0 Å². The van der Waals surface area contributed by atoms with Crippen molar-refractivity contribution in [2.75, 3.05) is 7.11 Å². The van der Waals surface area contributed by atoms with Crippen LogP contribution >= 0.6 is 31.9 Å². The molecule has 0 aliphatic carbocycles. The molecule has 186 valence electrons. The van der Waals surface area contributed by atoms with E-state index in [2.05, 4.69) is 36.6 Å². The van der Waals surface area contributed by atoms with Crippen LogP contribution in [-0.2, 0) is 15.6 Å². The molecule has 12 heteroatoms. The van der Waals surface area contributed by atoms with Gasteiger partial charge >= 0.3 is 6.16 Å². The van der Waals surface area contributed by atoms with E-state index in [1.165, 1.54) is 12.1 Å². The van der Waals surface area contributed by atoms with Crippen LogP contribution in [0.5, 0.6) is 11.5 Å². The number of phenolic OH excluding ortho intramolecular Hbond substituents is 1. The van der Waals surface area contributed by atoms with Crippen LogP contribution in [0.15, 0.2) is 33.2 Å². The van der Waals surface area contributed by atoms with Crippen molar-refractivity contribution in [2.45, 2.75) is 52.4 Å². The van der Waals surface area contributed by atoms with E-state index in [1.807, 2.05) is 41.5 Å². The summed E-state index contributed by atoms with van der Waals surface area (Å²) >= 11 is 6.37. The normalized spacial score (nSPS) is 11.2. The van der Waals surface area contributed by atoms with E-state index in [9.17, 15) is 30.1 Å². The third-order valence-corrected chi connectivity index (χ3v) is 5.74. The summed E-state index contributed by atoms with van der Waals surface area (Å²) in [5.41, 5.74) is 0.240. The Balaban J connectivity index is 0.000000350. The number of hydrogen-bond donors (Lipinski definition) is 1. The van der Waals surface area contributed by atoms with Crippen LogP contribution in [0, 0.1) is 20.2 Å². The molecule has 10 nitrogen and oxygen atoms in total. The van der Waals surface area contributed by atoms with E-state index in [1.54, 1.807) is 12.1 Å². The quantitative estimate of drug-likeness (QED) is 0.168. The van der Waals surface area contributed by atoms with Crippen LogP contribution in [0.2, 0.25) is 0 Å². The number of carbonyl (C=O) groups is 1. The Hall–Kier alpha value is -2.73. The van der Waals surface area contributed by atoms with Crippen molar-refractivity contribution in [3.63, 3.8) is 0 Å². The first-order valence-corrected chi connectivity index (χ1v) is 11.4. The lowest BCUT2D eigenvalue weighted by molar-refractivity contribution is -0.386. The predicted molar refractivity (Wildman–Crippen MR) is 134 cm³/mol. The molecule has 34 heavy (non-hydrogen) atoms. The minimum Gasteiger partial charge on any atom is -0.507 e. The zero-order valence-corrected chi connectivity index (χ0v) is 22.9. The van der Waals surface area contributed by atoms with Gasteiger partial charge in [0, 0.05) is 11.1 Å². The van der Waals surface area contributed by atoms with Gasteiger partial charge in [0.05, 0.1) is 38.0 Å². The van der Waals surface area contributed by atoms with Crippen LogP contribution in [0.25, 0.3) is 0 Å². The number of halogens is 2. The van der Waals surface area contributed by atoms with Crippen molar-refractivity contribution < 1.29 is 29.2 Å². The molecule has 0 saturated carbocycles. The number of nitro benzene ring substituents is 2. The number of nitrogens with zero attached hydrogens (tertiary/aromatic N) is 2. The summed E-state index contributed by atoms with van der Waals surface area (Å²) < 4.78 is 10.1. The average Bonchev–Trinajstić information content (AvgIpc) is 2.69. The van der Waals surface area contributed by atoms with Crippen molar-refractivity contribution in [3.05, 3.63) is 64.6 Å². The van der Waals surface area contributed by atoms with E-state index < -0.39 is 21.4 Å². The molecule has 0 atom stereocenters. The van der Waals surface area contributed by atoms with Crippen molar-refractivity contribution in [1.82, 2.24) is 0 Å². The van der Waals surface area contributed by atoms with Gasteiger partial charge in [0.25, 0.3) is 11.4 Å². The molecular formula is C22H26Br2N2O8. The molecule has 2 aromatic carbocycles. The molecule has 0 spiro atoms. The predicted octanol–water partition coefficient (Wildman–Crippen LogP) is 7.16. The number of methoxy groups -OCH3 is 1. The summed E-state index contributed by atoms with van der Waals surface area (Å²) in [6, 6.07) is 5.55. The summed E-state index contributed by atoms with van der Waals surface area (Å²) in [5.74, 6) is -0.0683. The number of hydrogen-bond acceptors (Lipinski definition) is 8. The summed E-state index contributed by atoms with van der Waals surface area (Å²) in [6.45, 7) is 11.3. The lowest BCUT2D eigenvalue weighted by Gasteiger charge is -2.20. The standard InChI is InChI=1S/C12H14BrNO5.C10H12BrNO3/c1-12(2,3)7-5-8(13)10(19-11(15)18-4)6-9(7)14(16)17;1-10(2,3)6-4-7(11)9(13)5-8(6)12(14)15/h5-6H,1-4H3;4-5,13H,1-3H3. The largest absolute Gasteiger partial charge is 0.513 e. The molecule has 0 aliphatic heterocycles. The van der Waals surface area contributed by atoms with Crippen LogP contribution in [0.4, 0.5) is 16.2 Å². The molecule has 0 unspecified atom stereocenters. The molecule has 0 radical (unpaired) electrons. The van der Waals surface area contributed by atoms with Gasteiger partial charge in [0.2, 0.25) is 0 Å². The third kappa shape index (κ3) is 7.66. The first-order chi connectivity index (χ1) is 15.4.